The topological polar surface area (TPSA) is 69.6 Å². The maximum Gasteiger partial charge on any atom is 0.199 e. The van der Waals surface area contributed by atoms with Crippen LogP contribution in [0.5, 0.6) is 0 Å². The van der Waals surface area contributed by atoms with Gasteiger partial charge in [-0.05, 0) is 30.0 Å². The van der Waals surface area contributed by atoms with E-state index in [1.54, 1.807) is 24.7 Å². The number of nitrogens with zero attached hydrogens (tertiary/aromatic N) is 5. The van der Waals surface area contributed by atoms with Gasteiger partial charge in [0.2, 0.25) is 0 Å². The van der Waals surface area contributed by atoms with Gasteiger partial charge in [0.05, 0.1) is 12.8 Å². The molecule has 0 saturated carbocycles. The van der Waals surface area contributed by atoms with E-state index in [4.69, 9.17) is 4.42 Å². The van der Waals surface area contributed by atoms with Gasteiger partial charge < -0.3 is 4.42 Å². The molecule has 0 saturated heterocycles. The lowest BCUT2D eigenvalue weighted by molar-refractivity contribution is 0.485. The molecule has 0 spiro atoms. The second-order valence-electron chi connectivity index (χ2n) is 4.97. The number of furan rings is 1. The summed E-state index contributed by atoms with van der Waals surface area (Å²) in [6.45, 7) is 0.541. The predicted octanol–water partition coefficient (Wildman–Crippen LogP) is 3.53. The molecular weight excluding hydrogens is 322 g/mol. The summed E-state index contributed by atoms with van der Waals surface area (Å²) >= 11 is 1.38. The second kappa shape index (κ2) is 6.67. The lowest BCUT2D eigenvalue weighted by Crippen LogP contribution is -2.03. The van der Waals surface area contributed by atoms with Crippen LogP contribution in [0.1, 0.15) is 5.76 Å². The smallest absolute Gasteiger partial charge is 0.199 e. The fraction of sp³-hybridized carbons (Fsp3) is 0.0588. The van der Waals surface area contributed by atoms with Crippen molar-refractivity contribution < 1.29 is 4.42 Å². The molecule has 118 valence electrons. The van der Waals surface area contributed by atoms with Crippen LogP contribution in [0.2, 0.25) is 0 Å². The first-order chi connectivity index (χ1) is 11.9. The van der Waals surface area contributed by atoms with Crippen molar-refractivity contribution in [1.29, 1.82) is 0 Å². The summed E-state index contributed by atoms with van der Waals surface area (Å²) in [4.78, 5) is 8.48. The Bertz CT molecular complexity index is 907. The first-order valence-corrected chi connectivity index (χ1v) is 8.18. The molecule has 0 radical (unpaired) electrons. The van der Waals surface area contributed by atoms with Crippen molar-refractivity contribution in [2.45, 2.75) is 16.9 Å². The van der Waals surface area contributed by atoms with Gasteiger partial charge in [0.1, 0.15) is 5.76 Å². The van der Waals surface area contributed by atoms with E-state index < -0.39 is 0 Å². The van der Waals surface area contributed by atoms with E-state index in [1.807, 2.05) is 47.0 Å². The summed E-state index contributed by atoms with van der Waals surface area (Å²) in [7, 11) is 0. The zero-order valence-electron chi connectivity index (χ0n) is 12.6. The zero-order chi connectivity index (χ0) is 16.2. The Morgan fingerprint density at radius 3 is 2.50 bits per heavy atom. The minimum absolute atomic E-state index is 0.541. The molecule has 0 atom stereocenters. The molecular formula is C17H13N5OS. The molecule has 0 amide bonds. The van der Waals surface area contributed by atoms with Crippen LogP contribution in [0.15, 0.2) is 81.9 Å². The average Bonchev–Trinajstić information content (AvgIpc) is 3.28. The van der Waals surface area contributed by atoms with Crippen molar-refractivity contribution in [1.82, 2.24) is 24.7 Å². The van der Waals surface area contributed by atoms with E-state index >= 15 is 0 Å². The molecule has 4 aromatic rings. The van der Waals surface area contributed by atoms with Crippen molar-refractivity contribution in [3.63, 3.8) is 0 Å². The van der Waals surface area contributed by atoms with Crippen LogP contribution >= 0.6 is 11.8 Å². The lowest BCUT2D eigenvalue weighted by Gasteiger charge is -2.08. The van der Waals surface area contributed by atoms with Crippen LogP contribution in [0.4, 0.5) is 0 Å². The highest BCUT2D eigenvalue weighted by atomic mass is 32.2. The van der Waals surface area contributed by atoms with E-state index in [-0.39, 0.29) is 0 Å². The molecule has 0 N–H and O–H groups in total. The first-order valence-electron chi connectivity index (χ1n) is 7.36. The third-order valence-electron chi connectivity index (χ3n) is 3.37. The van der Waals surface area contributed by atoms with Crippen molar-refractivity contribution in [2.75, 3.05) is 0 Å². The third-order valence-corrected chi connectivity index (χ3v) is 4.25. The molecule has 0 aliphatic heterocycles. The number of aromatic nitrogens is 5. The Morgan fingerprint density at radius 2 is 1.75 bits per heavy atom. The van der Waals surface area contributed by atoms with Gasteiger partial charge in [-0.2, -0.15) is 0 Å². The van der Waals surface area contributed by atoms with Crippen LogP contribution in [0.25, 0.3) is 11.4 Å². The Balaban J connectivity index is 1.74. The molecule has 0 unspecified atom stereocenters. The van der Waals surface area contributed by atoms with Crippen LogP contribution < -0.4 is 0 Å². The molecule has 0 fully saturated rings. The number of rotatable bonds is 5. The van der Waals surface area contributed by atoms with Crippen molar-refractivity contribution in [3.05, 3.63) is 72.9 Å². The highest BCUT2D eigenvalue weighted by molar-refractivity contribution is 7.99. The largest absolute Gasteiger partial charge is 0.467 e. The molecule has 24 heavy (non-hydrogen) atoms. The summed E-state index contributed by atoms with van der Waals surface area (Å²) in [6.07, 6.45) is 5.08. The number of hydrogen-bond acceptors (Lipinski definition) is 6. The first kappa shape index (κ1) is 14.6. The van der Waals surface area contributed by atoms with Crippen molar-refractivity contribution in [3.8, 4) is 11.4 Å². The molecule has 7 heteroatoms. The van der Waals surface area contributed by atoms with E-state index in [0.717, 1.165) is 22.3 Å². The normalized spacial score (nSPS) is 10.8. The number of benzene rings is 1. The monoisotopic (exact) mass is 335 g/mol. The Kier molecular flexibility index (Phi) is 4.07. The summed E-state index contributed by atoms with van der Waals surface area (Å²) < 4.78 is 7.50. The summed E-state index contributed by atoms with van der Waals surface area (Å²) in [5.74, 6) is 1.62. The minimum Gasteiger partial charge on any atom is -0.467 e. The molecule has 4 rings (SSSR count). The van der Waals surface area contributed by atoms with Crippen LogP contribution in [0.3, 0.4) is 0 Å². The van der Waals surface area contributed by atoms with E-state index in [9.17, 15) is 0 Å². The fourth-order valence-corrected chi connectivity index (χ4v) is 3.02. The third kappa shape index (κ3) is 3.07. The molecule has 3 aromatic heterocycles. The Morgan fingerprint density at radius 1 is 0.917 bits per heavy atom. The van der Waals surface area contributed by atoms with Gasteiger partial charge in [0.15, 0.2) is 16.1 Å². The Hall–Kier alpha value is -2.93. The minimum atomic E-state index is 0.541. The van der Waals surface area contributed by atoms with Crippen molar-refractivity contribution in [2.24, 2.45) is 0 Å². The molecule has 0 aliphatic carbocycles. The quantitative estimate of drug-likeness (QED) is 0.520. The highest BCUT2D eigenvalue weighted by Crippen LogP contribution is 2.28. The molecule has 1 aromatic carbocycles. The number of hydrogen-bond donors (Lipinski definition) is 0. The molecule has 0 bridgehead atoms. The Labute approximate surface area is 142 Å². The summed E-state index contributed by atoms with van der Waals surface area (Å²) in [5, 5.41) is 10.0. The van der Waals surface area contributed by atoms with Crippen LogP contribution in [-0.2, 0) is 6.54 Å². The average molecular weight is 335 g/mol. The van der Waals surface area contributed by atoms with Crippen LogP contribution in [0, 0.1) is 0 Å². The van der Waals surface area contributed by atoms with Gasteiger partial charge in [-0.15, -0.1) is 10.2 Å². The molecule has 0 aliphatic rings. The van der Waals surface area contributed by atoms with Gasteiger partial charge in [0, 0.05) is 18.0 Å². The maximum atomic E-state index is 5.49. The summed E-state index contributed by atoms with van der Waals surface area (Å²) in [6, 6.07) is 15.5. The molecule has 3 heterocycles. The fourth-order valence-electron chi connectivity index (χ4n) is 2.29. The van der Waals surface area contributed by atoms with E-state index in [2.05, 4.69) is 20.2 Å². The SMILES string of the molecule is c1ccc(-c2nnc(Sc3ncccn3)n2Cc2ccco2)cc1. The van der Waals surface area contributed by atoms with Gasteiger partial charge in [-0.3, -0.25) is 4.57 Å². The lowest BCUT2D eigenvalue weighted by atomic mass is 10.2. The second-order valence-corrected chi connectivity index (χ2v) is 5.91. The predicted molar refractivity (Wildman–Crippen MR) is 89.4 cm³/mol. The zero-order valence-corrected chi connectivity index (χ0v) is 13.4. The molecule has 6 nitrogen and oxygen atoms in total. The van der Waals surface area contributed by atoms with E-state index in [1.165, 1.54) is 11.8 Å². The summed E-state index contributed by atoms with van der Waals surface area (Å²) in [5.41, 5.74) is 0.998. The van der Waals surface area contributed by atoms with Crippen LogP contribution in [-0.4, -0.2) is 24.7 Å². The maximum absolute atomic E-state index is 5.49. The van der Waals surface area contributed by atoms with Gasteiger partial charge in [-0.1, -0.05) is 30.3 Å². The standard InChI is InChI=1S/C17H13N5OS/c1-2-6-13(7-3-1)15-20-21-17(24-16-18-9-5-10-19-16)22(15)12-14-8-4-11-23-14/h1-11H,12H2. The van der Waals surface area contributed by atoms with Crippen molar-refractivity contribution >= 4 is 11.8 Å². The van der Waals surface area contributed by atoms with Gasteiger partial charge >= 0.3 is 0 Å². The van der Waals surface area contributed by atoms with Gasteiger partial charge in [-0.25, -0.2) is 9.97 Å². The van der Waals surface area contributed by atoms with E-state index in [0.29, 0.717) is 11.7 Å². The highest BCUT2D eigenvalue weighted by Gasteiger charge is 2.17. The van der Waals surface area contributed by atoms with Gasteiger partial charge in [0.25, 0.3) is 0 Å².